The molecule has 1 aliphatic carbocycles. The summed E-state index contributed by atoms with van der Waals surface area (Å²) in [5, 5.41) is 0. The van der Waals surface area contributed by atoms with Crippen LogP contribution in [0.1, 0.15) is 23.1 Å². The molecule has 0 heterocycles. The molecule has 5 nitrogen and oxygen atoms in total. The Labute approximate surface area is 151 Å². The maximum absolute atomic E-state index is 12.5. The zero-order valence-corrected chi connectivity index (χ0v) is 15.0. The number of sulfonamides is 1. The summed E-state index contributed by atoms with van der Waals surface area (Å²) in [6.45, 7) is -2.96. The van der Waals surface area contributed by atoms with Crippen molar-refractivity contribution in [2.45, 2.75) is 37.3 Å². The van der Waals surface area contributed by atoms with Crippen molar-refractivity contribution in [3.8, 4) is 11.5 Å². The number of hydrogen-bond donors (Lipinski definition) is 1. The van der Waals surface area contributed by atoms with E-state index in [2.05, 4.69) is 9.46 Å². The summed E-state index contributed by atoms with van der Waals surface area (Å²) in [6, 6.07) is 9.46. The van der Waals surface area contributed by atoms with Gasteiger partial charge in [-0.2, -0.15) is 8.78 Å². The minimum atomic E-state index is -3.67. The third kappa shape index (κ3) is 4.13. The fraction of sp³-hybridized carbons (Fsp3) is 0.333. The molecule has 0 radical (unpaired) electrons. The van der Waals surface area contributed by atoms with Gasteiger partial charge in [-0.05, 0) is 60.2 Å². The molecule has 0 fully saturated rings. The van der Waals surface area contributed by atoms with Crippen molar-refractivity contribution in [3.63, 3.8) is 0 Å². The minimum absolute atomic E-state index is 0.00470. The Hall–Kier alpha value is -2.19. The van der Waals surface area contributed by atoms with Crippen LogP contribution in [0.4, 0.5) is 8.78 Å². The van der Waals surface area contributed by atoms with E-state index in [1.807, 2.05) is 6.07 Å². The lowest BCUT2D eigenvalue weighted by Crippen LogP contribution is -2.23. The molecule has 3 rings (SSSR count). The second-order valence-corrected chi connectivity index (χ2v) is 7.74. The molecule has 0 unspecified atom stereocenters. The van der Waals surface area contributed by atoms with Crippen LogP contribution >= 0.6 is 0 Å². The lowest BCUT2D eigenvalue weighted by Gasteiger charge is -2.12. The van der Waals surface area contributed by atoms with Gasteiger partial charge in [0.1, 0.15) is 0 Å². The van der Waals surface area contributed by atoms with Gasteiger partial charge in [-0.1, -0.05) is 12.1 Å². The summed E-state index contributed by atoms with van der Waals surface area (Å²) in [6.07, 6.45) is 2.91. The second-order valence-electron chi connectivity index (χ2n) is 5.97. The first kappa shape index (κ1) is 18.6. The average molecular weight is 383 g/mol. The largest absolute Gasteiger partial charge is 0.493 e. The van der Waals surface area contributed by atoms with Crippen molar-refractivity contribution < 1.29 is 26.7 Å². The molecule has 0 aliphatic heterocycles. The molecule has 26 heavy (non-hydrogen) atoms. The molecule has 0 saturated carbocycles. The van der Waals surface area contributed by atoms with Crippen molar-refractivity contribution in [1.82, 2.24) is 4.72 Å². The molecule has 0 aromatic heterocycles. The quantitative estimate of drug-likeness (QED) is 0.797. The zero-order valence-electron chi connectivity index (χ0n) is 14.2. The number of aryl methyl sites for hydroxylation is 2. The molecule has 0 amide bonds. The van der Waals surface area contributed by atoms with E-state index in [9.17, 15) is 17.2 Å². The van der Waals surface area contributed by atoms with E-state index in [1.165, 1.54) is 30.9 Å². The first-order valence-corrected chi connectivity index (χ1v) is 9.60. The van der Waals surface area contributed by atoms with E-state index >= 15 is 0 Å². The average Bonchev–Trinajstić information content (AvgIpc) is 3.08. The number of fused-ring (bicyclic) bond motifs is 1. The number of rotatable bonds is 7. The van der Waals surface area contributed by atoms with Crippen LogP contribution in [0, 0.1) is 0 Å². The maximum atomic E-state index is 12.5. The van der Waals surface area contributed by atoms with Gasteiger partial charge >= 0.3 is 6.61 Å². The molecule has 8 heteroatoms. The molecule has 0 bridgehead atoms. The highest BCUT2D eigenvalue weighted by Crippen LogP contribution is 2.30. The van der Waals surface area contributed by atoms with Gasteiger partial charge in [0, 0.05) is 6.54 Å². The Morgan fingerprint density at radius 1 is 1.08 bits per heavy atom. The molecule has 2 aromatic carbocycles. The van der Waals surface area contributed by atoms with E-state index in [1.54, 1.807) is 12.1 Å². The van der Waals surface area contributed by atoms with Crippen LogP contribution in [0.15, 0.2) is 41.3 Å². The third-order valence-electron chi connectivity index (χ3n) is 4.29. The Balaban J connectivity index is 1.73. The summed E-state index contributed by atoms with van der Waals surface area (Å²) in [4.78, 5) is 0.225. The summed E-state index contributed by atoms with van der Waals surface area (Å²) in [7, 11) is -2.35. The standard InChI is InChI=1S/C18H19F2NO4S/c1-24-17-9-12(5-8-16(17)25-18(19)20)11-21-26(22,23)15-7-6-13-3-2-4-14(13)10-15/h5-10,18,21H,2-4,11H2,1H3. The monoisotopic (exact) mass is 383 g/mol. The Morgan fingerprint density at radius 3 is 2.58 bits per heavy atom. The van der Waals surface area contributed by atoms with E-state index in [0.717, 1.165) is 24.8 Å². The van der Waals surface area contributed by atoms with Gasteiger partial charge in [0.05, 0.1) is 12.0 Å². The van der Waals surface area contributed by atoms with E-state index in [4.69, 9.17) is 4.74 Å². The Kier molecular flexibility index (Phi) is 5.43. The maximum Gasteiger partial charge on any atom is 0.387 e. The Bertz CT molecular complexity index is 900. The highest BCUT2D eigenvalue weighted by molar-refractivity contribution is 7.89. The number of ether oxygens (including phenoxy) is 2. The molecular weight excluding hydrogens is 364 g/mol. The molecule has 140 valence electrons. The van der Waals surface area contributed by atoms with Crippen molar-refractivity contribution >= 4 is 10.0 Å². The molecule has 2 aromatic rings. The molecule has 0 saturated heterocycles. The predicted molar refractivity (Wildman–Crippen MR) is 92.1 cm³/mol. The van der Waals surface area contributed by atoms with Crippen LogP contribution in [0.25, 0.3) is 0 Å². The Morgan fingerprint density at radius 2 is 1.85 bits per heavy atom. The normalized spacial score (nSPS) is 13.7. The van der Waals surface area contributed by atoms with Crippen molar-refractivity contribution in [2.24, 2.45) is 0 Å². The topological polar surface area (TPSA) is 64.6 Å². The molecule has 1 aliphatic rings. The lowest BCUT2D eigenvalue weighted by atomic mass is 10.1. The van der Waals surface area contributed by atoms with Crippen LogP contribution in [-0.4, -0.2) is 22.1 Å². The first-order valence-electron chi connectivity index (χ1n) is 8.12. The number of benzene rings is 2. The van der Waals surface area contributed by atoms with Crippen molar-refractivity contribution in [2.75, 3.05) is 7.11 Å². The number of methoxy groups -OCH3 is 1. The summed E-state index contributed by atoms with van der Waals surface area (Å²) < 4.78 is 61.6. The van der Waals surface area contributed by atoms with Gasteiger partial charge in [-0.25, -0.2) is 13.1 Å². The van der Waals surface area contributed by atoms with Crippen molar-refractivity contribution in [1.29, 1.82) is 0 Å². The predicted octanol–water partition coefficient (Wildman–Crippen LogP) is 3.26. The highest BCUT2D eigenvalue weighted by atomic mass is 32.2. The van der Waals surface area contributed by atoms with Gasteiger partial charge in [0.15, 0.2) is 11.5 Å². The fourth-order valence-corrected chi connectivity index (χ4v) is 4.06. The second kappa shape index (κ2) is 7.59. The summed E-state index contributed by atoms with van der Waals surface area (Å²) in [5.74, 6) is 0.00672. The number of halogens is 2. The van der Waals surface area contributed by atoms with E-state index in [-0.39, 0.29) is 22.9 Å². The van der Waals surface area contributed by atoms with Crippen LogP contribution in [-0.2, 0) is 29.4 Å². The third-order valence-corrected chi connectivity index (χ3v) is 5.69. The van der Waals surface area contributed by atoms with Crippen molar-refractivity contribution in [3.05, 3.63) is 53.1 Å². The number of hydrogen-bond acceptors (Lipinski definition) is 4. The van der Waals surface area contributed by atoms with Crippen LogP contribution < -0.4 is 14.2 Å². The van der Waals surface area contributed by atoms with Gasteiger partial charge in [-0.15, -0.1) is 0 Å². The van der Waals surface area contributed by atoms with Gasteiger partial charge < -0.3 is 9.47 Å². The van der Waals surface area contributed by atoms with E-state index < -0.39 is 16.6 Å². The van der Waals surface area contributed by atoms with Gasteiger partial charge in [0.25, 0.3) is 0 Å². The SMILES string of the molecule is COc1cc(CNS(=O)(=O)c2ccc3c(c2)CCC3)ccc1OC(F)F. The smallest absolute Gasteiger partial charge is 0.387 e. The summed E-state index contributed by atoms with van der Waals surface area (Å²) in [5.41, 5.74) is 2.83. The summed E-state index contributed by atoms with van der Waals surface area (Å²) >= 11 is 0. The minimum Gasteiger partial charge on any atom is -0.493 e. The molecule has 0 atom stereocenters. The highest BCUT2D eigenvalue weighted by Gasteiger charge is 2.19. The van der Waals surface area contributed by atoms with E-state index in [0.29, 0.717) is 5.56 Å². The van der Waals surface area contributed by atoms with Crippen LogP contribution in [0.5, 0.6) is 11.5 Å². The van der Waals surface area contributed by atoms with Gasteiger partial charge in [-0.3, -0.25) is 0 Å². The molecule has 0 spiro atoms. The zero-order chi connectivity index (χ0) is 18.7. The van der Waals surface area contributed by atoms with Gasteiger partial charge in [0.2, 0.25) is 10.0 Å². The van der Waals surface area contributed by atoms with Crippen LogP contribution in [0.2, 0.25) is 0 Å². The number of nitrogens with one attached hydrogen (secondary N) is 1. The number of alkyl halides is 2. The molecular formula is C18H19F2NO4S. The lowest BCUT2D eigenvalue weighted by molar-refractivity contribution is -0.0512. The fourth-order valence-electron chi connectivity index (χ4n) is 2.99. The first-order chi connectivity index (χ1) is 12.4. The molecule has 1 N–H and O–H groups in total. The van der Waals surface area contributed by atoms with Crippen LogP contribution in [0.3, 0.4) is 0 Å².